The Kier molecular flexibility index (Phi) is 8.62. The minimum absolute atomic E-state index is 0.173. The van der Waals surface area contributed by atoms with Gasteiger partial charge in [0.2, 0.25) is 0 Å². The molecule has 0 aliphatic heterocycles. The topological polar surface area (TPSA) is 64.3 Å². The van der Waals surface area contributed by atoms with E-state index in [2.05, 4.69) is 6.92 Å². The van der Waals surface area contributed by atoms with E-state index in [1.807, 2.05) is 5.43 Å². The van der Waals surface area contributed by atoms with Crippen molar-refractivity contribution in [3.8, 4) is 0 Å². The number of amides is 1. The molecule has 0 bridgehead atoms. The standard InChI is InChI=1S/C16H25FN2O2/c1-2-3-4-5-6-7-10-21-12-14-11-13(16(20)19-18)8-9-15(14)17/h8-9,11H,2-7,10,12,18H2,1H3,(H,19,20). The molecule has 0 aliphatic carbocycles. The molecule has 5 heteroatoms. The van der Waals surface area contributed by atoms with Gasteiger partial charge in [0.05, 0.1) is 6.61 Å². The molecule has 0 unspecified atom stereocenters. The summed E-state index contributed by atoms with van der Waals surface area (Å²) in [5.74, 6) is 4.25. The van der Waals surface area contributed by atoms with E-state index in [9.17, 15) is 9.18 Å². The van der Waals surface area contributed by atoms with Gasteiger partial charge >= 0.3 is 0 Å². The summed E-state index contributed by atoms with van der Waals surface area (Å²) in [5.41, 5.74) is 2.73. The molecule has 1 aromatic rings. The molecule has 3 N–H and O–H groups in total. The van der Waals surface area contributed by atoms with Crippen molar-refractivity contribution >= 4 is 5.91 Å². The predicted octanol–water partition coefficient (Wildman–Crippen LogP) is 3.31. The third kappa shape index (κ3) is 6.69. The van der Waals surface area contributed by atoms with Crippen LogP contribution in [0.4, 0.5) is 4.39 Å². The number of hydrazine groups is 1. The first-order valence-corrected chi connectivity index (χ1v) is 7.56. The maximum absolute atomic E-state index is 13.6. The highest BCUT2D eigenvalue weighted by atomic mass is 19.1. The van der Waals surface area contributed by atoms with Gasteiger partial charge in [0.15, 0.2) is 0 Å². The van der Waals surface area contributed by atoms with Crippen LogP contribution in [-0.2, 0) is 11.3 Å². The van der Waals surface area contributed by atoms with E-state index < -0.39 is 5.91 Å². The quantitative estimate of drug-likeness (QED) is 0.301. The molecular weight excluding hydrogens is 271 g/mol. The molecule has 0 saturated heterocycles. The Morgan fingerprint density at radius 1 is 1.24 bits per heavy atom. The van der Waals surface area contributed by atoms with Gasteiger partial charge in [-0.15, -0.1) is 0 Å². The van der Waals surface area contributed by atoms with Crippen LogP contribution in [0, 0.1) is 5.82 Å². The fourth-order valence-corrected chi connectivity index (χ4v) is 2.08. The first kappa shape index (κ1) is 17.6. The van der Waals surface area contributed by atoms with Crippen LogP contribution in [0.25, 0.3) is 0 Å². The van der Waals surface area contributed by atoms with Gasteiger partial charge in [-0.05, 0) is 24.6 Å². The highest BCUT2D eigenvalue weighted by Gasteiger charge is 2.08. The Morgan fingerprint density at radius 3 is 2.67 bits per heavy atom. The number of carbonyl (C=O) groups excluding carboxylic acids is 1. The number of hydrogen-bond donors (Lipinski definition) is 2. The number of nitrogen functional groups attached to an aromatic ring is 1. The molecule has 0 atom stereocenters. The second-order valence-corrected chi connectivity index (χ2v) is 5.10. The molecule has 0 aliphatic rings. The number of rotatable bonds is 10. The molecule has 0 radical (unpaired) electrons. The molecule has 0 spiro atoms. The lowest BCUT2D eigenvalue weighted by Gasteiger charge is -2.07. The molecule has 21 heavy (non-hydrogen) atoms. The molecule has 0 heterocycles. The Bertz CT molecular complexity index is 438. The summed E-state index contributed by atoms with van der Waals surface area (Å²) in [4.78, 5) is 11.4. The van der Waals surface area contributed by atoms with E-state index in [-0.39, 0.29) is 12.4 Å². The van der Waals surface area contributed by atoms with Crippen LogP contribution in [0.1, 0.15) is 61.4 Å². The maximum Gasteiger partial charge on any atom is 0.265 e. The number of halogens is 1. The molecule has 0 saturated carbocycles. The fourth-order valence-electron chi connectivity index (χ4n) is 2.08. The van der Waals surface area contributed by atoms with Crippen LogP contribution in [-0.4, -0.2) is 12.5 Å². The van der Waals surface area contributed by atoms with Crippen molar-refractivity contribution < 1.29 is 13.9 Å². The van der Waals surface area contributed by atoms with Gasteiger partial charge in [-0.25, -0.2) is 10.2 Å². The molecule has 1 rings (SSSR count). The zero-order valence-corrected chi connectivity index (χ0v) is 12.7. The second-order valence-electron chi connectivity index (χ2n) is 5.10. The van der Waals surface area contributed by atoms with E-state index in [4.69, 9.17) is 10.6 Å². The zero-order chi connectivity index (χ0) is 15.5. The molecule has 0 fully saturated rings. The summed E-state index contributed by atoms with van der Waals surface area (Å²) in [7, 11) is 0. The molecule has 1 amide bonds. The average molecular weight is 296 g/mol. The summed E-state index contributed by atoms with van der Waals surface area (Å²) in [6.45, 7) is 2.97. The van der Waals surface area contributed by atoms with Crippen molar-refractivity contribution in [3.63, 3.8) is 0 Å². The summed E-state index contributed by atoms with van der Waals surface area (Å²) in [6, 6.07) is 4.13. The highest BCUT2D eigenvalue weighted by Crippen LogP contribution is 2.12. The van der Waals surface area contributed by atoms with Gasteiger partial charge < -0.3 is 4.74 Å². The number of ether oxygens (including phenoxy) is 1. The SMILES string of the molecule is CCCCCCCCOCc1cc(C(=O)NN)ccc1F. The summed E-state index contributed by atoms with van der Waals surface area (Å²) < 4.78 is 19.1. The van der Waals surface area contributed by atoms with E-state index in [1.165, 1.54) is 43.9 Å². The molecule has 118 valence electrons. The fraction of sp³-hybridized carbons (Fsp3) is 0.562. The van der Waals surface area contributed by atoms with E-state index in [0.717, 1.165) is 12.8 Å². The summed E-state index contributed by atoms with van der Waals surface area (Å²) in [6.07, 6.45) is 7.12. The highest BCUT2D eigenvalue weighted by molar-refractivity contribution is 5.93. The maximum atomic E-state index is 13.6. The van der Waals surface area contributed by atoms with Crippen LogP contribution in [0.5, 0.6) is 0 Å². The first-order chi connectivity index (χ1) is 10.2. The van der Waals surface area contributed by atoms with Crippen LogP contribution >= 0.6 is 0 Å². The second kappa shape index (κ2) is 10.3. The number of nitrogens with one attached hydrogen (secondary N) is 1. The number of unbranched alkanes of at least 4 members (excludes halogenated alkanes) is 5. The van der Waals surface area contributed by atoms with Crippen LogP contribution in [0.15, 0.2) is 18.2 Å². The van der Waals surface area contributed by atoms with Crippen molar-refractivity contribution in [1.82, 2.24) is 5.43 Å². The van der Waals surface area contributed by atoms with Gasteiger partial charge in [-0.2, -0.15) is 0 Å². The number of hydrogen-bond acceptors (Lipinski definition) is 3. The Morgan fingerprint density at radius 2 is 1.95 bits per heavy atom. The van der Waals surface area contributed by atoms with Crippen molar-refractivity contribution in [3.05, 3.63) is 35.1 Å². The summed E-state index contributed by atoms with van der Waals surface area (Å²) in [5, 5.41) is 0. The average Bonchev–Trinajstić information content (AvgIpc) is 2.50. The van der Waals surface area contributed by atoms with Gasteiger partial charge in [0, 0.05) is 17.7 Å². The van der Waals surface area contributed by atoms with Gasteiger partial charge in [-0.3, -0.25) is 10.2 Å². The smallest absolute Gasteiger partial charge is 0.265 e. The first-order valence-electron chi connectivity index (χ1n) is 7.56. The normalized spacial score (nSPS) is 10.6. The van der Waals surface area contributed by atoms with Crippen LogP contribution < -0.4 is 11.3 Å². The minimum atomic E-state index is -0.438. The number of benzene rings is 1. The predicted molar refractivity (Wildman–Crippen MR) is 81.1 cm³/mol. The van der Waals surface area contributed by atoms with Gasteiger partial charge in [0.25, 0.3) is 5.91 Å². The largest absolute Gasteiger partial charge is 0.377 e. The molecule has 0 aromatic heterocycles. The van der Waals surface area contributed by atoms with E-state index in [1.54, 1.807) is 0 Å². The van der Waals surface area contributed by atoms with Crippen molar-refractivity contribution in [2.75, 3.05) is 6.61 Å². The monoisotopic (exact) mass is 296 g/mol. The summed E-state index contributed by atoms with van der Waals surface area (Å²) >= 11 is 0. The van der Waals surface area contributed by atoms with E-state index >= 15 is 0 Å². The Hall–Kier alpha value is -1.46. The lowest BCUT2D eigenvalue weighted by atomic mass is 10.1. The lowest BCUT2D eigenvalue weighted by molar-refractivity contribution is 0.0952. The van der Waals surface area contributed by atoms with Gasteiger partial charge in [-0.1, -0.05) is 39.0 Å². The third-order valence-electron chi connectivity index (χ3n) is 3.34. The van der Waals surface area contributed by atoms with E-state index in [0.29, 0.717) is 17.7 Å². The lowest BCUT2D eigenvalue weighted by Crippen LogP contribution is -2.30. The molecular formula is C16H25FN2O2. The van der Waals surface area contributed by atoms with Crippen LogP contribution in [0.3, 0.4) is 0 Å². The number of nitrogens with two attached hydrogens (primary N) is 1. The molecule has 1 aromatic carbocycles. The van der Waals surface area contributed by atoms with Gasteiger partial charge in [0.1, 0.15) is 5.82 Å². The zero-order valence-electron chi connectivity index (χ0n) is 12.7. The third-order valence-corrected chi connectivity index (χ3v) is 3.34. The number of carbonyl (C=O) groups is 1. The Labute approximate surface area is 125 Å². The van der Waals surface area contributed by atoms with Crippen molar-refractivity contribution in [2.24, 2.45) is 5.84 Å². The Balaban J connectivity index is 2.29. The minimum Gasteiger partial charge on any atom is -0.377 e. The van der Waals surface area contributed by atoms with Crippen molar-refractivity contribution in [2.45, 2.75) is 52.1 Å². The molecule has 4 nitrogen and oxygen atoms in total. The van der Waals surface area contributed by atoms with Crippen molar-refractivity contribution in [1.29, 1.82) is 0 Å². The van der Waals surface area contributed by atoms with Crippen LogP contribution in [0.2, 0.25) is 0 Å².